The Bertz CT molecular complexity index is 843. The second kappa shape index (κ2) is 10.1. The van der Waals surface area contributed by atoms with Gasteiger partial charge in [-0.1, -0.05) is 60.2 Å². The van der Waals surface area contributed by atoms with E-state index in [0.29, 0.717) is 6.61 Å². The molecule has 0 unspecified atom stereocenters. The maximum atomic E-state index is 8.89. The van der Waals surface area contributed by atoms with Gasteiger partial charge in [0.05, 0.1) is 0 Å². The van der Waals surface area contributed by atoms with Gasteiger partial charge in [0, 0.05) is 18.7 Å². The van der Waals surface area contributed by atoms with Crippen molar-refractivity contribution in [2.45, 2.75) is 39.3 Å². The Morgan fingerprint density at radius 1 is 0.889 bits per heavy atom. The third kappa shape index (κ3) is 5.56. The number of ether oxygens (including phenoxy) is 1. The summed E-state index contributed by atoms with van der Waals surface area (Å²) in [6.45, 7) is 4.67. The van der Waals surface area contributed by atoms with Gasteiger partial charge in [0.2, 0.25) is 0 Å². The highest BCUT2D eigenvalue weighted by Crippen LogP contribution is 2.28. The van der Waals surface area contributed by atoms with Crippen molar-refractivity contribution in [3.63, 3.8) is 0 Å². The number of aliphatic hydroxyl groups is 1. The van der Waals surface area contributed by atoms with Crippen molar-refractivity contribution in [2.24, 2.45) is 0 Å². The van der Waals surface area contributed by atoms with Gasteiger partial charge in [0.1, 0.15) is 12.4 Å². The van der Waals surface area contributed by atoms with Crippen molar-refractivity contribution in [3.05, 3.63) is 77.4 Å². The van der Waals surface area contributed by atoms with Gasteiger partial charge < -0.3 is 15.2 Å². The second-order valence-electron chi connectivity index (χ2n) is 7.00. The first-order valence-corrected chi connectivity index (χ1v) is 9.78. The maximum Gasteiger partial charge on any atom is 0.124 e. The Labute approximate surface area is 162 Å². The number of fused-ring (bicyclic) bond motifs is 1. The third-order valence-corrected chi connectivity index (χ3v) is 4.83. The molecule has 0 aliphatic heterocycles. The number of rotatable bonds is 10. The van der Waals surface area contributed by atoms with Crippen LogP contribution in [0, 0.1) is 6.92 Å². The molecule has 0 aliphatic carbocycles. The number of nitrogens with one attached hydrogen (secondary N) is 1. The minimum atomic E-state index is 0.278. The molecule has 0 radical (unpaired) electrons. The molecule has 142 valence electrons. The predicted molar refractivity (Wildman–Crippen MR) is 112 cm³/mol. The monoisotopic (exact) mass is 363 g/mol. The normalized spacial score (nSPS) is 11.0. The molecule has 0 aliphatic rings. The summed E-state index contributed by atoms with van der Waals surface area (Å²) >= 11 is 0. The lowest BCUT2D eigenvalue weighted by molar-refractivity contribution is 0.282. The molecule has 3 heteroatoms. The summed E-state index contributed by atoms with van der Waals surface area (Å²) in [4.78, 5) is 0. The first-order chi connectivity index (χ1) is 13.3. The maximum absolute atomic E-state index is 8.89. The highest BCUT2D eigenvalue weighted by atomic mass is 16.5. The molecule has 27 heavy (non-hydrogen) atoms. The van der Waals surface area contributed by atoms with Crippen LogP contribution in [0.2, 0.25) is 0 Å². The van der Waals surface area contributed by atoms with Crippen LogP contribution in [0.25, 0.3) is 10.8 Å². The van der Waals surface area contributed by atoms with Crippen LogP contribution in [0.4, 0.5) is 0 Å². The van der Waals surface area contributed by atoms with Gasteiger partial charge in [-0.25, -0.2) is 0 Å². The fourth-order valence-electron chi connectivity index (χ4n) is 3.23. The fourth-order valence-corrected chi connectivity index (χ4v) is 3.23. The van der Waals surface area contributed by atoms with Crippen LogP contribution >= 0.6 is 0 Å². The Morgan fingerprint density at radius 3 is 2.52 bits per heavy atom. The summed E-state index contributed by atoms with van der Waals surface area (Å²) in [5.41, 5.74) is 3.65. The zero-order chi connectivity index (χ0) is 18.9. The van der Waals surface area contributed by atoms with Crippen LogP contribution < -0.4 is 10.1 Å². The Balaban J connectivity index is 1.71. The molecular formula is C24H29NO2. The molecule has 3 aromatic carbocycles. The van der Waals surface area contributed by atoms with Crippen molar-refractivity contribution in [3.8, 4) is 5.75 Å². The number of benzene rings is 3. The summed E-state index contributed by atoms with van der Waals surface area (Å²) in [6, 6.07) is 21.1. The van der Waals surface area contributed by atoms with Gasteiger partial charge in [-0.3, -0.25) is 0 Å². The van der Waals surface area contributed by atoms with Crippen LogP contribution in [-0.4, -0.2) is 18.3 Å². The van der Waals surface area contributed by atoms with Gasteiger partial charge in [-0.2, -0.15) is 0 Å². The molecule has 0 fully saturated rings. The van der Waals surface area contributed by atoms with E-state index in [9.17, 15) is 0 Å². The minimum absolute atomic E-state index is 0.278. The van der Waals surface area contributed by atoms with E-state index >= 15 is 0 Å². The Kier molecular flexibility index (Phi) is 7.26. The quantitative estimate of drug-likeness (QED) is 0.499. The SMILES string of the molecule is Cc1ccc(COc2ccc3ccccc3c2CNCCCCCO)cc1. The highest BCUT2D eigenvalue weighted by Gasteiger charge is 2.09. The molecule has 0 amide bonds. The van der Waals surface area contributed by atoms with E-state index in [1.165, 1.54) is 27.5 Å². The lowest BCUT2D eigenvalue weighted by atomic mass is 10.0. The standard InChI is InChI=1S/C24H29NO2/c1-19-9-11-20(12-10-19)18-27-24-14-13-21-7-3-4-8-22(21)23(24)17-25-15-5-2-6-16-26/h3-4,7-14,25-26H,2,5-6,15-18H2,1H3. The number of hydrogen-bond donors (Lipinski definition) is 2. The molecular weight excluding hydrogens is 334 g/mol. The number of unbranched alkanes of at least 4 members (excludes halogenated alkanes) is 2. The summed E-state index contributed by atoms with van der Waals surface area (Å²) in [5, 5.41) is 14.9. The molecule has 3 aromatic rings. The minimum Gasteiger partial charge on any atom is -0.489 e. The van der Waals surface area contributed by atoms with Crippen LogP contribution in [0.5, 0.6) is 5.75 Å². The molecule has 0 spiro atoms. The molecule has 0 saturated carbocycles. The van der Waals surface area contributed by atoms with E-state index in [0.717, 1.165) is 38.1 Å². The zero-order valence-corrected chi connectivity index (χ0v) is 16.1. The van der Waals surface area contributed by atoms with Gasteiger partial charge >= 0.3 is 0 Å². The lowest BCUT2D eigenvalue weighted by Gasteiger charge is -2.15. The van der Waals surface area contributed by atoms with Crippen LogP contribution in [0.3, 0.4) is 0 Å². The molecule has 3 rings (SSSR count). The summed E-state index contributed by atoms with van der Waals surface area (Å²) in [7, 11) is 0. The highest BCUT2D eigenvalue weighted by molar-refractivity contribution is 5.87. The molecule has 0 saturated heterocycles. The van der Waals surface area contributed by atoms with Crippen LogP contribution in [-0.2, 0) is 13.2 Å². The second-order valence-corrected chi connectivity index (χ2v) is 7.00. The number of aliphatic hydroxyl groups excluding tert-OH is 1. The third-order valence-electron chi connectivity index (χ3n) is 4.83. The molecule has 0 aromatic heterocycles. The first-order valence-electron chi connectivity index (χ1n) is 9.78. The Hall–Kier alpha value is -2.36. The topological polar surface area (TPSA) is 41.5 Å². The van der Waals surface area contributed by atoms with Crippen molar-refractivity contribution in [2.75, 3.05) is 13.2 Å². The first kappa shape index (κ1) is 19.4. The van der Waals surface area contributed by atoms with Gasteiger partial charge in [-0.15, -0.1) is 0 Å². The van der Waals surface area contributed by atoms with Gasteiger partial charge in [0.15, 0.2) is 0 Å². The number of aryl methyl sites for hydroxylation is 1. The van der Waals surface area contributed by atoms with E-state index in [1.54, 1.807) is 0 Å². The van der Waals surface area contributed by atoms with E-state index in [2.05, 4.69) is 72.9 Å². The molecule has 0 bridgehead atoms. The van der Waals surface area contributed by atoms with Gasteiger partial charge in [0.25, 0.3) is 0 Å². The van der Waals surface area contributed by atoms with Crippen molar-refractivity contribution in [1.82, 2.24) is 5.32 Å². The average Bonchev–Trinajstić information content (AvgIpc) is 2.70. The largest absolute Gasteiger partial charge is 0.489 e. The lowest BCUT2D eigenvalue weighted by Crippen LogP contribution is -2.16. The van der Waals surface area contributed by atoms with Crippen molar-refractivity contribution in [1.29, 1.82) is 0 Å². The molecule has 3 nitrogen and oxygen atoms in total. The van der Waals surface area contributed by atoms with Crippen molar-refractivity contribution < 1.29 is 9.84 Å². The van der Waals surface area contributed by atoms with Crippen molar-refractivity contribution >= 4 is 10.8 Å². The van der Waals surface area contributed by atoms with E-state index in [-0.39, 0.29) is 6.61 Å². The summed E-state index contributed by atoms with van der Waals surface area (Å²) in [5.74, 6) is 0.942. The number of hydrogen-bond acceptors (Lipinski definition) is 3. The van der Waals surface area contributed by atoms with E-state index in [4.69, 9.17) is 9.84 Å². The molecule has 2 N–H and O–H groups in total. The molecule has 0 heterocycles. The summed E-state index contributed by atoms with van der Waals surface area (Å²) in [6.07, 6.45) is 3.00. The van der Waals surface area contributed by atoms with E-state index < -0.39 is 0 Å². The van der Waals surface area contributed by atoms with Gasteiger partial charge in [-0.05, 0) is 55.1 Å². The van der Waals surface area contributed by atoms with E-state index in [1.807, 2.05) is 0 Å². The Morgan fingerprint density at radius 2 is 1.70 bits per heavy atom. The molecule has 0 atom stereocenters. The zero-order valence-electron chi connectivity index (χ0n) is 16.1. The predicted octanol–water partition coefficient (Wildman–Crippen LogP) is 4.98. The summed E-state index contributed by atoms with van der Waals surface area (Å²) < 4.78 is 6.19. The fraction of sp³-hybridized carbons (Fsp3) is 0.333. The average molecular weight is 364 g/mol. The smallest absolute Gasteiger partial charge is 0.124 e. The van der Waals surface area contributed by atoms with Crippen LogP contribution in [0.15, 0.2) is 60.7 Å². The van der Waals surface area contributed by atoms with Crippen LogP contribution in [0.1, 0.15) is 36.0 Å².